The second kappa shape index (κ2) is 11.4. The van der Waals surface area contributed by atoms with Crippen LogP contribution in [-0.4, -0.2) is 42.3 Å². The van der Waals surface area contributed by atoms with Crippen LogP contribution in [0.4, 0.5) is 8.78 Å². The van der Waals surface area contributed by atoms with Gasteiger partial charge in [-0.1, -0.05) is 53.5 Å². The number of aryl methyl sites for hydroxylation is 1. The largest absolute Gasteiger partial charge is 0.478 e. The van der Waals surface area contributed by atoms with Gasteiger partial charge in [0.25, 0.3) is 0 Å². The molecule has 1 N–H and O–H groups in total. The van der Waals surface area contributed by atoms with E-state index in [1.807, 2.05) is 24.3 Å². The highest BCUT2D eigenvalue weighted by atomic mass is 35.5. The average Bonchev–Trinajstić information content (AvgIpc) is 3.05. The van der Waals surface area contributed by atoms with E-state index in [-0.39, 0.29) is 18.1 Å². The summed E-state index contributed by atoms with van der Waals surface area (Å²) in [6, 6.07) is 15.7. The number of carbonyl (C=O) groups is 1. The van der Waals surface area contributed by atoms with Gasteiger partial charge in [-0.15, -0.1) is 0 Å². The van der Waals surface area contributed by atoms with Gasteiger partial charge >= 0.3 is 5.97 Å². The summed E-state index contributed by atoms with van der Waals surface area (Å²) in [7, 11) is 0. The molecule has 3 nitrogen and oxygen atoms in total. The van der Waals surface area contributed by atoms with Gasteiger partial charge in [-0.3, -0.25) is 9.29 Å². The minimum absolute atomic E-state index is 0.227. The number of benzene rings is 3. The zero-order valence-electron chi connectivity index (χ0n) is 20.7. The van der Waals surface area contributed by atoms with Crippen LogP contribution < -0.4 is 0 Å². The molecule has 1 heterocycles. The highest BCUT2D eigenvalue weighted by molar-refractivity contribution is 6.36. The quantitative estimate of drug-likeness (QED) is 0.320. The molecule has 0 spiro atoms. The maximum absolute atomic E-state index is 15.5. The molecule has 0 aromatic heterocycles. The van der Waals surface area contributed by atoms with E-state index in [2.05, 4.69) is 4.90 Å². The summed E-state index contributed by atoms with van der Waals surface area (Å²) in [6.45, 7) is 1.84. The number of alkyl halides is 1. The smallest absolute Gasteiger partial charge is 0.335 e. The van der Waals surface area contributed by atoms with Gasteiger partial charge in [0, 0.05) is 35.2 Å². The Hall–Kier alpha value is -2.99. The van der Waals surface area contributed by atoms with E-state index in [1.165, 1.54) is 0 Å². The third-order valence-corrected chi connectivity index (χ3v) is 7.71. The first-order valence-electron chi connectivity index (χ1n) is 12.7. The van der Waals surface area contributed by atoms with Crippen molar-refractivity contribution in [2.24, 2.45) is 0 Å². The predicted octanol–water partition coefficient (Wildman–Crippen LogP) is 8.18. The van der Waals surface area contributed by atoms with Crippen LogP contribution in [0.5, 0.6) is 0 Å². The second-order valence-corrected chi connectivity index (χ2v) is 10.6. The molecule has 5 rings (SSSR count). The lowest BCUT2D eigenvalue weighted by molar-refractivity contribution is 0.0696. The first kappa shape index (κ1) is 26.6. The van der Waals surface area contributed by atoms with E-state index in [0.717, 1.165) is 52.9 Å². The lowest BCUT2D eigenvalue weighted by Crippen LogP contribution is -2.40. The van der Waals surface area contributed by atoms with Gasteiger partial charge in [-0.05, 0) is 95.0 Å². The predicted molar refractivity (Wildman–Crippen MR) is 150 cm³/mol. The third kappa shape index (κ3) is 5.56. The first-order valence-corrected chi connectivity index (χ1v) is 13.4. The Balaban J connectivity index is 1.59. The number of carboxylic acid groups (broad SMARTS) is 1. The summed E-state index contributed by atoms with van der Waals surface area (Å²) in [5, 5.41) is 10.6. The molecule has 7 heteroatoms. The van der Waals surface area contributed by atoms with Crippen molar-refractivity contribution in [3.63, 3.8) is 0 Å². The van der Waals surface area contributed by atoms with E-state index < -0.39 is 5.97 Å². The number of nitrogens with zero attached hydrogens (tertiary/aromatic N) is 1. The maximum Gasteiger partial charge on any atom is 0.335 e. The van der Waals surface area contributed by atoms with Gasteiger partial charge in [0.15, 0.2) is 0 Å². The van der Waals surface area contributed by atoms with Gasteiger partial charge < -0.3 is 5.11 Å². The fraction of sp³-hybridized carbons (Fsp3) is 0.258. The third-order valence-electron chi connectivity index (χ3n) is 7.16. The summed E-state index contributed by atoms with van der Waals surface area (Å²) in [5.41, 5.74) is 6.99. The van der Waals surface area contributed by atoms with Crippen molar-refractivity contribution in [3.8, 4) is 0 Å². The highest BCUT2D eigenvalue weighted by Gasteiger charge is 2.24. The van der Waals surface area contributed by atoms with Crippen LogP contribution in [0.3, 0.4) is 0 Å². The topological polar surface area (TPSA) is 40.5 Å². The van der Waals surface area contributed by atoms with Crippen LogP contribution in [0.15, 0.2) is 60.2 Å². The molecule has 1 aliphatic heterocycles. The van der Waals surface area contributed by atoms with E-state index in [1.54, 1.807) is 36.4 Å². The SMILES string of the molecule is O=C(O)c1ccc2c(c1)CCCC(c1ccc(Cl)cc1Cl)=C2c1ccc(C=C2CN(CCCF)C2)c(F)c1. The van der Waals surface area contributed by atoms with Gasteiger partial charge in [-0.25, -0.2) is 9.18 Å². The maximum atomic E-state index is 15.5. The fourth-order valence-electron chi connectivity index (χ4n) is 5.33. The number of carboxylic acids is 1. The summed E-state index contributed by atoms with van der Waals surface area (Å²) in [4.78, 5) is 13.8. The van der Waals surface area contributed by atoms with Gasteiger partial charge in [0.05, 0.1) is 12.2 Å². The van der Waals surface area contributed by atoms with E-state index in [0.29, 0.717) is 47.0 Å². The minimum atomic E-state index is -0.980. The van der Waals surface area contributed by atoms with Crippen molar-refractivity contribution >= 4 is 46.4 Å². The van der Waals surface area contributed by atoms with Gasteiger partial charge in [-0.2, -0.15) is 0 Å². The molecule has 196 valence electrons. The van der Waals surface area contributed by atoms with Crippen LogP contribution in [0.1, 0.15) is 57.4 Å². The van der Waals surface area contributed by atoms with Crippen molar-refractivity contribution in [3.05, 3.63) is 109 Å². The lowest BCUT2D eigenvalue weighted by Gasteiger charge is -2.33. The van der Waals surface area contributed by atoms with E-state index >= 15 is 4.39 Å². The Labute approximate surface area is 231 Å². The monoisotopic (exact) mass is 553 g/mol. The van der Waals surface area contributed by atoms with Crippen LogP contribution >= 0.6 is 23.2 Å². The summed E-state index contributed by atoms with van der Waals surface area (Å²) < 4.78 is 27.9. The molecule has 0 saturated carbocycles. The van der Waals surface area contributed by atoms with Gasteiger partial charge in [0.1, 0.15) is 5.82 Å². The summed E-state index contributed by atoms with van der Waals surface area (Å²) in [6.07, 6.45) is 4.56. The molecule has 1 fully saturated rings. The minimum Gasteiger partial charge on any atom is -0.478 e. The molecule has 3 aromatic rings. The van der Waals surface area contributed by atoms with Crippen molar-refractivity contribution < 1.29 is 18.7 Å². The molecular formula is C31H27Cl2F2NO2. The van der Waals surface area contributed by atoms with Gasteiger partial charge in [0.2, 0.25) is 0 Å². The normalized spacial score (nSPS) is 15.6. The number of hydrogen-bond donors (Lipinski definition) is 1. The molecule has 0 atom stereocenters. The molecule has 0 unspecified atom stereocenters. The molecule has 1 aliphatic carbocycles. The number of allylic oxidation sites excluding steroid dienone is 1. The van der Waals surface area contributed by atoms with Crippen LogP contribution in [-0.2, 0) is 6.42 Å². The summed E-state index contributed by atoms with van der Waals surface area (Å²) in [5.74, 6) is -1.31. The Morgan fingerprint density at radius 1 is 1.00 bits per heavy atom. The van der Waals surface area contributed by atoms with Crippen molar-refractivity contribution in [1.29, 1.82) is 0 Å². The number of likely N-dealkylation sites (tertiary alicyclic amines) is 1. The number of rotatable bonds is 7. The molecular weight excluding hydrogens is 527 g/mol. The standard InChI is InChI=1S/C31H27Cl2F2NO2/c32-24-8-10-26(28(33)16-24)27-4-1-3-20-14-23(31(37)38)7-9-25(20)30(27)22-6-5-21(29(35)15-22)13-19-17-36(18-19)12-2-11-34/h5-10,13-16H,1-4,11-12,17-18H2,(H,37,38). The Morgan fingerprint density at radius 3 is 2.50 bits per heavy atom. The molecule has 1 saturated heterocycles. The van der Waals surface area contributed by atoms with E-state index in [9.17, 15) is 14.3 Å². The average molecular weight is 554 g/mol. The molecule has 2 aliphatic rings. The number of aromatic carboxylic acids is 1. The molecule has 0 amide bonds. The second-order valence-electron chi connectivity index (χ2n) is 9.80. The molecule has 38 heavy (non-hydrogen) atoms. The molecule has 3 aromatic carbocycles. The van der Waals surface area contributed by atoms with E-state index in [4.69, 9.17) is 23.2 Å². The van der Waals surface area contributed by atoms with Crippen LogP contribution in [0.2, 0.25) is 10.0 Å². The van der Waals surface area contributed by atoms with Crippen molar-refractivity contribution in [2.75, 3.05) is 26.3 Å². The highest BCUT2D eigenvalue weighted by Crippen LogP contribution is 2.42. The van der Waals surface area contributed by atoms with Crippen molar-refractivity contribution in [2.45, 2.75) is 25.7 Å². The number of fused-ring (bicyclic) bond motifs is 1. The number of hydrogen-bond acceptors (Lipinski definition) is 2. The Bertz CT molecular complexity index is 1460. The van der Waals surface area contributed by atoms with Crippen LogP contribution in [0, 0.1) is 5.82 Å². The van der Waals surface area contributed by atoms with Crippen LogP contribution in [0.25, 0.3) is 17.2 Å². The molecule has 0 bridgehead atoms. The Kier molecular flexibility index (Phi) is 7.98. The summed E-state index contributed by atoms with van der Waals surface area (Å²) >= 11 is 12.8. The number of halogens is 4. The lowest BCUT2D eigenvalue weighted by atomic mass is 9.86. The zero-order valence-corrected chi connectivity index (χ0v) is 22.3. The Morgan fingerprint density at radius 2 is 1.79 bits per heavy atom. The fourth-order valence-corrected chi connectivity index (χ4v) is 5.86. The van der Waals surface area contributed by atoms with Crippen molar-refractivity contribution in [1.82, 2.24) is 4.90 Å². The first-order chi connectivity index (χ1) is 18.3. The molecule has 0 radical (unpaired) electrons. The zero-order chi connectivity index (χ0) is 26.8.